The molecule has 0 saturated heterocycles. The van der Waals surface area contributed by atoms with Gasteiger partial charge >= 0.3 is 0 Å². The molecule has 4 nitrogen and oxygen atoms in total. The van der Waals surface area contributed by atoms with Gasteiger partial charge in [-0.1, -0.05) is 51.4 Å². The van der Waals surface area contributed by atoms with Crippen molar-refractivity contribution in [1.29, 1.82) is 0 Å². The maximum absolute atomic E-state index is 6.02. The fraction of sp³-hybridized carbons (Fsp3) is 0.263. The topological polar surface area (TPSA) is 39.9 Å². The normalized spacial score (nSPS) is 12.2. The highest BCUT2D eigenvalue weighted by Gasteiger charge is 2.18. The van der Waals surface area contributed by atoms with Gasteiger partial charge in [0.05, 0.1) is 0 Å². The summed E-state index contributed by atoms with van der Waals surface area (Å²) in [6, 6.07) is 15.7. The minimum atomic E-state index is -0.187. The molecule has 0 radical (unpaired) electrons. The molecule has 26 heavy (non-hydrogen) atoms. The molecule has 7 heteroatoms. The first kappa shape index (κ1) is 19.3. The summed E-state index contributed by atoms with van der Waals surface area (Å²) in [6.45, 7) is 4.87. The monoisotopic (exact) mass is 451 g/mol. The van der Waals surface area contributed by atoms with Crippen molar-refractivity contribution in [3.05, 3.63) is 69.4 Å². The van der Waals surface area contributed by atoms with Crippen LogP contribution >= 0.6 is 39.3 Å². The predicted octanol–water partition coefficient (Wildman–Crippen LogP) is 6.15. The largest absolute Gasteiger partial charge is 0.483 e. The molecule has 136 valence electrons. The van der Waals surface area contributed by atoms with E-state index in [1.54, 1.807) is 11.8 Å². The highest BCUT2D eigenvalue weighted by atomic mass is 79.9. The van der Waals surface area contributed by atoms with Gasteiger partial charge in [0.15, 0.2) is 17.1 Å². The van der Waals surface area contributed by atoms with E-state index in [9.17, 15) is 0 Å². The molecule has 1 aromatic heterocycles. The molecule has 0 amide bonds. The van der Waals surface area contributed by atoms with Gasteiger partial charge in [-0.15, -0.1) is 10.2 Å². The first-order valence-corrected chi connectivity index (χ1v) is 10.4. The number of hydrogen-bond acceptors (Lipinski definition) is 4. The second-order valence-corrected chi connectivity index (χ2v) is 8.01. The molecule has 0 saturated carbocycles. The SMILES string of the molecule is CCn1c(SCc2ccc(Cl)cc2)nnc1C(C)Oc1ccc(Br)cc1. The fourth-order valence-electron chi connectivity index (χ4n) is 2.50. The van der Waals surface area contributed by atoms with Gasteiger partial charge in [0.1, 0.15) is 5.75 Å². The molecule has 0 aliphatic carbocycles. The third-order valence-electron chi connectivity index (χ3n) is 3.83. The third-order valence-corrected chi connectivity index (χ3v) is 5.65. The molecular weight excluding hydrogens is 434 g/mol. The van der Waals surface area contributed by atoms with Crippen LogP contribution in [0.1, 0.15) is 31.3 Å². The van der Waals surface area contributed by atoms with Crippen molar-refractivity contribution in [2.75, 3.05) is 0 Å². The van der Waals surface area contributed by atoms with E-state index >= 15 is 0 Å². The van der Waals surface area contributed by atoms with Crippen LogP contribution in [0.25, 0.3) is 0 Å². The average molecular weight is 453 g/mol. The number of benzene rings is 2. The van der Waals surface area contributed by atoms with Crippen LogP contribution in [0, 0.1) is 0 Å². The maximum atomic E-state index is 6.02. The van der Waals surface area contributed by atoms with Crippen molar-refractivity contribution < 1.29 is 4.74 Å². The van der Waals surface area contributed by atoms with E-state index in [-0.39, 0.29) is 6.10 Å². The molecule has 0 aliphatic heterocycles. The Morgan fingerprint density at radius 1 is 1.12 bits per heavy atom. The minimum Gasteiger partial charge on any atom is -0.483 e. The predicted molar refractivity (Wildman–Crippen MR) is 110 cm³/mol. The molecule has 1 heterocycles. The highest BCUT2D eigenvalue weighted by Crippen LogP contribution is 2.27. The second-order valence-electron chi connectivity index (χ2n) is 5.71. The van der Waals surface area contributed by atoms with Gasteiger partial charge < -0.3 is 9.30 Å². The van der Waals surface area contributed by atoms with Crippen molar-refractivity contribution in [2.24, 2.45) is 0 Å². The van der Waals surface area contributed by atoms with E-state index in [2.05, 4.69) is 37.6 Å². The van der Waals surface area contributed by atoms with Crippen molar-refractivity contribution in [3.63, 3.8) is 0 Å². The molecule has 0 spiro atoms. The number of rotatable bonds is 7. The van der Waals surface area contributed by atoms with Crippen LogP contribution < -0.4 is 4.74 Å². The van der Waals surface area contributed by atoms with Crippen LogP contribution in [0.3, 0.4) is 0 Å². The van der Waals surface area contributed by atoms with Gasteiger partial charge in [0.25, 0.3) is 0 Å². The molecule has 2 aromatic carbocycles. The Balaban J connectivity index is 1.70. The van der Waals surface area contributed by atoms with E-state index in [1.165, 1.54) is 5.56 Å². The summed E-state index contributed by atoms with van der Waals surface area (Å²) >= 11 is 11.0. The summed E-state index contributed by atoms with van der Waals surface area (Å²) in [4.78, 5) is 0. The molecule has 0 aliphatic rings. The second kappa shape index (κ2) is 8.93. The number of ether oxygens (including phenoxy) is 1. The Morgan fingerprint density at radius 2 is 1.81 bits per heavy atom. The van der Waals surface area contributed by atoms with Crippen molar-refractivity contribution in [1.82, 2.24) is 14.8 Å². The zero-order valence-corrected chi connectivity index (χ0v) is 17.7. The third kappa shape index (κ3) is 4.81. The number of aromatic nitrogens is 3. The van der Waals surface area contributed by atoms with E-state index in [0.717, 1.165) is 38.5 Å². The summed E-state index contributed by atoms with van der Waals surface area (Å²) < 4.78 is 9.14. The van der Waals surface area contributed by atoms with Crippen LogP contribution in [-0.2, 0) is 12.3 Å². The zero-order chi connectivity index (χ0) is 18.5. The average Bonchev–Trinajstić information content (AvgIpc) is 3.06. The van der Waals surface area contributed by atoms with E-state index in [0.29, 0.717) is 0 Å². The highest BCUT2D eigenvalue weighted by molar-refractivity contribution is 9.10. The van der Waals surface area contributed by atoms with Gasteiger partial charge in [0, 0.05) is 21.8 Å². The zero-order valence-electron chi connectivity index (χ0n) is 14.5. The molecule has 0 N–H and O–H groups in total. The Hall–Kier alpha value is -1.50. The van der Waals surface area contributed by atoms with Gasteiger partial charge in [-0.25, -0.2) is 0 Å². The maximum Gasteiger partial charge on any atom is 0.191 e. The summed E-state index contributed by atoms with van der Waals surface area (Å²) in [5.74, 6) is 2.45. The summed E-state index contributed by atoms with van der Waals surface area (Å²) in [6.07, 6.45) is -0.187. The molecule has 3 rings (SSSR count). The van der Waals surface area contributed by atoms with Crippen LogP contribution in [0.4, 0.5) is 0 Å². The number of nitrogens with zero attached hydrogens (tertiary/aromatic N) is 3. The molecule has 1 atom stereocenters. The smallest absolute Gasteiger partial charge is 0.191 e. The van der Waals surface area contributed by atoms with E-state index in [4.69, 9.17) is 16.3 Å². The van der Waals surface area contributed by atoms with Crippen LogP contribution in [0.15, 0.2) is 58.2 Å². The first-order chi connectivity index (χ1) is 12.6. The lowest BCUT2D eigenvalue weighted by molar-refractivity contribution is 0.210. The number of hydrogen-bond donors (Lipinski definition) is 0. The van der Waals surface area contributed by atoms with Gasteiger partial charge in [-0.2, -0.15) is 0 Å². The first-order valence-electron chi connectivity index (χ1n) is 8.29. The summed E-state index contributed by atoms with van der Waals surface area (Å²) in [5.41, 5.74) is 1.20. The number of halogens is 2. The lowest BCUT2D eigenvalue weighted by Crippen LogP contribution is -2.11. The van der Waals surface area contributed by atoms with Crippen molar-refractivity contribution in [2.45, 2.75) is 37.4 Å². The van der Waals surface area contributed by atoms with Crippen LogP contribution in [0.5, 0.6) is 5.75 Å². The van der Waals surface area contributed by atoms with Gasteiger partial charge in [0.2, 0.25) is 0 Å². The molecule has 0 fully saturated rings. The summed E-state index contributed by atoms with van der Waals surface area (Å²) in [7, 11) is 0. The Kier molecular flexibility index (Phi) is 6.62. The molecule has 1 unspecified atom stereocenters. The van der Waals surface area contributed by atoms with Crippen LogP contribution in [-0.4, -0.2) is 14.8 Å². The lowest BCUT2D eigenvalue weighted by atomic mass is 10.2. The van der Waals surface area contributed by atoms with Crippen LogP contribution in [0.2, 0.25) is 5.02 Å². The lowest BCUT2D eigenvalue weighted by Gasteiger charge is -2.15. The van der Waals surface area contributed by atoms with E-state index in [1.807, 2.05) is 55.5 Å². The van der Waals surface area contributed by atoms with Crippen molar-refractivity contribution >= 4 is 39.3 Å². The van der Waals surface area contributed by atoms with Crippen molar-refractivity contribution in [3.8, 4) is 5.75 Å². The Bertz CT molecular complexity index is 852. The standard InChI is InChI=1S/C19H19BrClN3OS/c1-3-24-18(13(2)25-17-10-6-15(20)7-11-17)22-23-19(24)26-12-14-4-8-16(21)9-5-14/h4-11,13H,3,12H2,1-2H3. The Labute approximate surface area is 171 Å². The molecule has 0 bridgehead atoms. The quantitative estimate of drug-likeness (QED) is 0.403. The fourth-order valence-corrected chi connectivity index (χ4v) is 3.86. The molecule has 3 aromatic rings. The van der Waals surface area contributed by atoms with Gasteiger partial charge in [-0.05, 0) is 55.8 Å². The Morgan fingerprint density at radius 3 is 2.46 bits per heavy atom. The van der Waals surface area contributed by atoms with Gasteiger partial charge in [-0.3, -0.25) is 0 Å². The molecular formula is C19H19BrClN3OS. The number of thioether (sulfide) groups is 1. The van der Waals surface area contributed by atoms with E-state index < -0.39 is 0 Å². The minimum absolute atomic E-state index is 0.187. The summed E-state index contributed by atoms with van der Waals surface area (Å²) in [5, 5.41) is 10.4.